The third-order valence-electron chi connectivity index (χ3n) is 4.15. The van der Waals surface area contributed by atoms with Gasteiger partial charge in [0.15, 0.2) is 5.78 Å². The summed E-state index contributed by atoms with van der Waals surface area (Å²) in [7, 11) is 1.56. The number of hydrogen-bond acceptors (Lipinski definition) is 5. The number of nitrogens with zero attached hydrogens (tertiary/aromatic N) is 1. The zero-order valence-corrected chi connectivity index (χ0v) is 15.9. The molecule has 0 radical (unpaired) electrons. The minimum atomic E-state index is -0.435. The number of pyridine rings is 1. The molecule has 0 atom stereocenters. The summed E-state index contributed by atoms with van der Waals surface area (Å²) in [4.78, 5) is 40.3. The first-order chi connectivity index (χ1) is 14.0. The monoisotopic (exact) mass is 389 g/mol. The molecule has 2 aromatic carbocycles. The largest absolute Gasteiger partial charge is 0.497 e. The van der Waals surface area contributed by atoms with Crippen LogP contribution in [0.5, 0.6) is 5.75 Å². The van der Waals surface area contributed by atoms with Crippen molar-refractivity contribution in [3.8, 4) is 5.75 Å². The van der Waals surface area contributed by atoms with Gasteiger partial charge in [0.05, 0.1) is 7.11 Å². The van der Waals surface area contributed by atoms with E-state index in [2.05, 4.69) is 15.6 Å². The Morgan fingerprint density at radius 1 is 0.793 bits per heavy atom. The van der Waals surface area contributed by atoms with Crippen LogP contribution in [0.2, 0.25) is 0 Å². The van der Waals surface area contributed by atoms with Crippen LogP contribution >= 0.6 is 0 Å². The van der Waals surface area contributed by atoms with Crippen molar-refractivity contribution in [3.05, 3.63) is 83.7 Å². The Labute approximate surface area is 167 Å². The van der Waals surface area contributed by atoms with Gasteiger partial charge in [0.1, 0.15) is 11.4 Å². The van der Waals surface area contributed by atoms with Crippen molar-refractivity contribution in [2.75, 3.05) is 17.7 Å². The van der Waals surface area contributed by atoms with Gasteiger partial charge >= 0.3 is 0 Å². The van der Waals surface area contributed by atoms with E-state index in [-0.39, 0.29) is 22.9 Å². The van der Waals surface area contributed by atoms with Gasteiger partial charge in [0.2, 0.25) is 0 Å². The molecule has 0 aliphatic rings. The van der Waals surface area contributed by atoms with Crippen LogP contribution in [0.15, 0.2) is 66.9 Å². The molecule has 146 valence electrons. The zero-order chi connectivity index (χ0) is 20.8. The lowest BCUT2D eigenvalue weighted by Crippen LogP contribution is -2.17. The Morgan fingerprint density at radius 3 is 1.97 bits per heavy atom. The molecule has 0 aliphatic carbocycles. The molecule has 29 heavy (non-hydrogen) atoms. The molecule has 2 N–H and O–H groups in total. The number of rotatable bonds is 6. The van der Waals surface area contributed by atoms with Crippen molar-refractivity contribution in [2.45, 2.75) is 6.92 Å². The van der Waals surface area contributed by atoms with Crippen molar-refractivity contribution in [2.24, 2.45) is 0 Å². The van der Waals surface area contributed by atoms with Gasteiger partial charge in [-0.05, 0) is 67.6 Å². The standard InChI is InChI=1S/C22H19N3O4/c1-14(26)15-3-5-17(6-4-15)24-21(27)16-11-12-23-20(13-16)22(28)25-18-7-9-19(29-2)10-8-18/h3-13H,1-2H3,(H,24,27)(H,25,28). The van der Waals surface area contributed by atoms with Crippen LogP contribution in [0.3, 0.4) is 0 Å². The van der Waals surface area contributed by atoms with Crippen LogP contribution < -0.4 is 15.4 Å². The Bertz CT molecular complexity index is 1040. The second-order valence-electron chi connectivity index (χ2n) is 6.20. The fraction of sp³-hybridized carbons (Fsp3) is 0.0909. The molecule has 0 fully saturated rings. The lowest BCUT2D eigenvalue weighted by molar-refractivity contribution is 0.100. The first-order valence-corrected chi connectivity index (χ1v) is 8.80. The average Bonchev–Trinajstić information content (AvgIpc) is 2.74. The van der Waals surface area contributed by atoms with Crippen LogP contribution in [0, 0.1) is 0 Å². The molecule has 0 bridgehead atoms. The predicted octanol–water partition coefficient (Wildman–Crippen LogP) is 3.80. The summed E-state index contributed by atoms with van der Waals surface area (Å²) in [6.45, 7) is 1.48. The third kappa shape index (κ3) is 5.04. The number of anilines is 2. The summed E-state index contributed by atoms with van der Waals surface area (Å²) in [5.41, 5.74) is 2.08. The van der Waals surface area contributed by atoms with Gasteiger partial charge in [-0.1, -0.05) is 0 Å². The predicted molar refractivity (Wildman–Crippen MR) is 110 cm³/mol. The number of nitrogens with one attached hydrogen (secondary N) is 2. The van der Waals surface area contributed by atoms with Gasteiger partial charge in [-0.2, -0.15) is 0 Å². The number of benzene rings is 2. The average molecular weight is 389 g/mol. The van der Waals surface area contributed by atoms with Gasteiger partial charge in [-0.15, -0.1) is 0 Å². The van der Waals surface area contributed by atoms with Gasteiger partial charge in [-0.3, -0.25) is 19.4 Å². The Kier molecular flexibility index (Phi) is 5.99. The smallest absolute Gasteiger partial charge is 0.274 e. The molecule has 1 aromatic heterocycles. The van der Waals surface area contributed by atoms with E-state index in [4.69, 9.17) is 4.74 Å². The highest BCUT2D eigenvalue weighted by molar-refractivity contribution is 6.08. The van der Waals surface area contributed by atoms with Crippen LogP contribution in [0.25, 0.3) is 0 Å². The molecule has 0 aliphatic heterocycles. The topological polar surface area (TPSA) is 97.4 Å². The molecule has 0 spiro atoms. The van der Waals surface area contributed by atoms with E-state index >= 15 is 0 Å². The van der Waals surface area contributed by atoms with Gasteiger partial charge < -0.3 is 15.4 Å². The number of carbonyl (C=O) groups excluding carboxylic acids is 3. The minimum absolute atomic E-state index is 0.0514. The van der Waals surface area contributed by atoms with Crippen molar-refractivity contribution in [1.29, 1.82) is 0 Å². The van der Waals surface area contributed by atoms with Gasteiger partial charge in [-0.25, -0.2) is 0 Å². The van der Waals surface area contributed by atoms with E-state index < -0.39 is 5.91 Å². The van der Waals surface area contributed by atoms with E-state index in [0.717, 1.165) is 0 Å². The number of Topliss-reactive ketones (excluding diaryl/α,β-unsaturated/α-hetero) is 1. The summed E-state index contributed by atoms with van der Waals surface area (Å²) >= 11 is 0. The number of aromatic nitrogens is 1. The quantitative estimate of drug-likeness (QED) is 0.625. The number of hydrogen-bond donors (Lipinski definition) is 2. The summed E-state index contributed by atoms with van der Waals surface area (Å²) in [6, 6.07) is 16.4. The maximum atomic E-state index is 12.5. The Balaban J connectivity index is 1.69. The number of ether oxygens (including phenoxy) is 1. The van der Waals surface area contributed by atoms with E-state index in [1.807, 2.05) is 0 Å². The molecular formula is C22H19N3O4. The minimum Gasteiger partial charge on any atom is -0.497 e. The lowest BCUT2D eigenvalue weighted by Gasteiger charge is -2.08. The molecule has 0 unspecified atom stereocenters. The second kappa shape index (κ2) is 8.79. The molecule has 7 heteroatoms. The molecule has 2 amide bonds. The van der Waals surface area contributed by atoms with Gasteiger partial charge in [0.25, 0.3) is 11.8 Å². The summed E-state index contributed by atoms with van der Waals surface area (Å²) in [5, 5.41) is 5.45. The van der Waals surface area contributed by atoms with E-state index in [9.17, 15) is 14.4 Å². The molecule has 3 rings (SSSR count). The molecule has 0 saturated carbocycles. The van der Waals surface area contributed by atoms with Crippen LogP contribution in [0.4, 0.5) is 11.4 Å². The van der Waals surface area contributed by atoms with E-state index in [1.54, 1.807) is 55.6 Å². The fourth-order valence-electron chi connectivity index (χ4n) is 2.56. The van der Waals surface area contributed by atoms with E-state index in [1.165, 1.54) is 25.3 Å². The normalized spacial score (nSPS) is 10.1. The first-order valence-electron chi connectivity index (χ1n) is 8.80. The number of carbonyl (C=O) groups is 3. The van der Waals surface area contributed by atoms with Crippen molar-refractivity contribution in [1.82, 2.24) is 4.98 Å². The van der Waals surface area contributed by atoms with Crippen molar-refractivity contribution < 1.29 is 19.1 Å². The number of amides is 2. The highest BCUT2D eigenvalue weighted by atomic mass is 16.5. The molecule has 0 saturated heterocycles. The molecule has 3 aromatic rings. The third-order valence-corrected chi connectivity index (χ3v) is 4.15. The van der Waals surface area contributed by atoms with Crippen molar-refractivity contribution >= 4 is 29.0 Å². The Morgan fingerprint density at radius 2 is 1.38 bits per heavy atom. The highest BCUT2D eigenvalue weighted by Crippen LogP contribution is 2.16. The zero-order valence-electron chi connectivity index (χ0n) is 15.9. The molecular weight excluding hydrogens is 370 g/mol. The summed E-state index contributed by atoms with van der Waals surface area (Å²) in [5.74, 6) is -0.197. The second-order valence-corrected chi connectivity index (χ2v) is 6.20. The van der Waals surface area contributed by atoms with E-state index in [0.29, 0.717) is 22.7 Å². The lowest BCUT2D eigenvalue weighted by atomic mass is 10.1. The molecule has 7 nitrogen and oxygen atoms in total. The van der Waals surface area contributed by atoms with Crippen LogP contribution in [-0.4, -0.2) is 29.7 Å². The maximum Gasteiger partial charge on any atom is 0.274 e. The SMILES string of the molecule is COc1ccc(NC(=O)c2cc(C(=O)Nc3ccc(C(C)=O)cc3)ccn2)cc1. The Hall–Kier alpha value is -4.00. The highest BCUT2D eigenvalue weighted by Gasteiger charge is 2.13. The fourth-order valence-corrected chi connectivity index (χ4v) is 2.56. The van der Waals surface area contributed by atoms with Crippen molar-refractivity contribution in [3.63, 3.8) is 0 Å². The summed E-state index contributed by atoms with van der Waals surface area (Å²) < 4.78 is 5.08. The number of ketones is 1. The summed E-state index contributed by atoms with van der Waals surface area (Å²) in [6.07, 6.45) is 1.40. The number of methoxy groups -OCH3 is 1. The van der Waals surface area contributed by atoms with Gasteiger partial charge in [0, 0.05) is 28.7 Å². The molecule has 1 heterocycles. The maximum absolute atomic E-state index is 12.5. The first kappa shape index (κ1) is 19.8. The van der Waals surface area contributed by atoms with Crippen LogP contribution in [-0.2, 0) is 0 Å². The van der Waals surface area contributed by atoms with Crippen LogP contribution in [0.1, 0.15) is 38.1 Å².